The van der Waals surface area contributed by atoms with E-state index in [-0.39, 0.29) is 0 Å². The molecule has 0 bridgehead atoms. The molecule has 0 aliphatic heterocycles. The molecule has 0 heterocycles. The molecule has 3 nitrogen and oxygen atoms in total. The quantitative estimate of drug-likeness (QED) is 0.736. The zero-order chi connectivity index (χ0) is 15.1. The highest BCUT2D eigenvalue weighted by Gasteiger charge is 2.19. The standard InChI is InChI=1S/C17H21NO2S/c1-18(21(19,20)17-13-6-3-7-14-17)15-9-8-12-16-10-4-2-5-11-16/h2-7,10-11,13-14H,8-9,12,15H2,1H3. The molecule has 21 heavy (non-hydrogen) atoms. The SMILES string of the molecule is CN(CCCCc1ccccc1)S(=O)(=O)c1ccccc1. The first-order valence-corrected chi connectivity index (χ1v) is 8.60. The van der Waals surface area contributed by atoms with Gasteiger partial charge in [-0.25, -0.2) is 12.7 Å². The van der Waals surface area contributed by atoms with Crippen LogP contribution >= 0.6 is 0 Å². The lowest BCUT2D eigenvalue weighted by Gasteiger charge is -2.17. The van der Waals surface area contributed by atoms with Gasteiger partial charge >= 0.3 is 0 Å². The predicted octanol–water partition coefficient (Wildman–Crippen LogP) is 3.33. The van der Waals surface area contributed by atoms with E-state index < -0.39 is 10.0 Å². The van der Waals surface area contributed by atoms with Gasteiger partial charge in [0.15, 0.2) is 0 Å². The second-order valence-corrected chi connectivity index (χ2v) is 7.13. The summed E-state index contributed by atoms with van der Waals surface area (Å²) in [6.07, 6.45) is 2.83. The molecule has 0 aliphatic rings. The normalized spacial score (nSPS) is 11.7. The first kappa shape index (κ1) is 15.7. The maximum atomic E-state index is 12.3. The van der Waals surface area contributed by atoms with Gasteiger partial charge in [-0.3, -0.25) is 0 Å². The molecule has 2 rings (SSSR count). The van der Waals surface area contributed by atoms with E-state index in [9.17, 15) is 8.42 Å². The Labute approximate surface area is 127 Å². The summed E-state index contributed by atoms with van der Waals surface area (Å²) in [4.78, 5) is 0.357. The summed E-state index contributed by atoms with van der Waals surface area (Å²) in [6, 6.07) is 18.8. The van der Waals surface area contributed by atoms with Crippen molar-refractivity contribution in [3.63, 3.8) is 0 Å². The fourth-order valence-corrected chi connectivity index (χ4v) is 3.43. The van der Waals surface area contributed by atoms with Gasteiger partial charge in [-0.2, -0.15) is 0 Å². The Morgan fingerprint density at radius 1 is 0.857 bits per heavy atom. The lowest BCUT2D eigenvalue weighted by molar-refractivity contribution is 0.455. The number of hydrogen-bond donors (Lipinski definition) is 0. The molecule has 4 heteroatoms. The average Bonchev–Trinajstić information content (AvgIpc) is 2.53. The summed E-state index contributed by atoms with van der Waals surface area (Å²) in [5.41, 5.74) is 1.30. The van der Waals surface area contributed by atoms with E-state index in [2.05, 4.69) is 12.1 Å². The van der Waals surface area contributed by atoms with E-state index in [1.54, 1.807) is 31.3 Å². The predicted molar refractivity (Wildman–Crippen MR) is 85.6 cm³/mol. The molecule has 2 aromatic carbocycles. The number of hydrogen-bond acceptors (Lipinski definition) is 2. The van der Waals surface area contributed by atoms with Crippen LogP contribution in [0, 0.1) is 0 Å². The highest BCUT2D eigenvalue weighted by Crippen LogP contribution is 2.14. The van der Waals surface area contributed by atoms with Crippen LogP contribution in [0.15, 0.2) is 65.6 Å². The van der Waals surface area contributed by atoms with Crippen LogP contribution in [0.4, 0.5) is 0 Å². The average molecular weight is 303 g/mol. The molecule has 0 saturated heterocycles. The molecule has 0 radical (unpaired) electrons. The Bertz CT molecular complexity index is 639. The lowest BCUT2D eigenvalue weighted by atomic mass is 10.1. The monoisotopic (exact) mass is 303 g/mol. The van der Waals surface area contributed by atoms with Crippen molar-refractivity contribution >= 4 is 10.0 Å². The van der Waals surface area contributed by atoms with Crippen LogP contribution in [0.25, 0.3) is 0 Å². The van der Waals surface area contributed by atoms with Gasteiger partial charge in [0.05, 0.1) is 4.90 Å². The third-order valence-electron chi connectivity index (χ3n) is 3.48. The summed E-state index contributed by atoms with van der Waals surface area (Å²) in [7, 11) is -1.71. The van der Waals surface area contributed by atoms with Gasteiger partial charge in [0, 0.05) is 13.6 Å². The van der Waals surface area contributed by atoms with Gasteiger partial charge in [-0.1, -0.05) is 48.5 Å². The van der Waals surface area contributed by atoms with Crippen molar-refractivity contribution in [1.82, 2.24) is 4.31 Å². The largest absolute Gasteiger partial charge is 0.242 e. The third-order valence-corrected chi connectivity index (χ3v) is 5.35. The molecule has 0 aliphatic carbocycles. The number of nitrogens with zero attached hydrogens (tertiary/aromatic N) is 1. The second kappa shape index (κ2) is 7.38. The van der Waals surface area contributed by atoms with E-state index in [0.717, 1.165) is 19.3 Å². The molecule has 112 valence electrons. The summed E-state index contributed by atoms with van der Waals surface area (Å²) >= 11 is 0. The fraction of sp³-hybridized carbons (Fsp3) is 0.294. The van der Waals surface area contributed by atoms with Gasteiger partial charge in [0.25, 0.3) is 0 Å². The topological polar surface area (TPSA) is 37.4 Å². The first-order valence-electron chi connectivity index (χ1n) is 7.16. The maximum Gasteiger partial charge on any atom is 0.242 e. The molecule has 2 aromatic rings. The minimum atomic E-state index is -3.35. The Hall–Kier alpha value is -1.65. The fourth-order valence-electron chi connectivity index (χ4n) is 2.20. The summed E-state index contributed by atoms with van der Waals surface area (Å²) < 4.78 is 26.1. The first-order chi connectivity index (χ1) is 10.1. The summed E-state index contributed by atoms with van der Waals surface area (Å²) in [6.45, 7) is 0.546. The molecule has 0 atom stereocenters. The Morgan fingerprint density at radius 2 is 1.43 bits per heavy atom. The number of sulfonamides is 1. The summed E-state index contributed by atoms with van der Waals surface area (Å²) in [5.74, 6) is 0. The molecule has 0 spiro atoms. The number of benzene rings is 2. The minimum Gasteiger partial charge on any atom is -0.207 e. The zero-order valence-corrected chi connectivity index (χ0v) is 13.1. The van der Waals surface area contributed by atoms with E-state index in [4.69, 9.17) is 0 Å². The van der Waals surface area contributed by atoms with E-state index in [1.165, 1.54) is 9.87 Å². The zero-order valence-electron chi connectivity index (χ0n) is 12.3. The van der Waals surface area contributed by atoms with Gasteiger partial charge in [0.2, 0.25) is 10.0 Å². The van der Waals surface area contributed by atoms with E-state index in [1.807, 2.05) is 24.3 Å². The van der Waals surface area contributed by atoms with Crippen molar-refractivity contribution in [2.24, 2.45) is 0 Å². The maximum absolute atomic E-state index is 12.3. The van der Waals surface area contributed by atoms with Gasteiger partial charge in [-0.15, -0.1) is 0 Å². The van der Waals surface area contributed by atoms with Crippen LogP contribution < -0.4 is 0 Å². The van der Waals surface area contributed by atoms with Gasteiger partial charge in [-0.05, 0) is 37.0 Å². The van der Waals surface area contributed by atoms with Crippen molar-refractivity contribution in [1.29, 1.82) is 0 Å². The van der Waals surface area contributed by atoms with Crippen molar-refractivity contribution < 1.29 is 8.42 Å². The second-order valence-electron chi connectivity index (χ2n) is 5.08. The number of rotatable bonds is 7. The van der Waals surface area contributed by atoms with Gasteiger partial charge < -0.3 is 0 Å². The van der Waals surface area contributed by atoms with E-state index in [0.29, 0.717) is 11.4 Å². The number of aryl methyl sites for hydroxylation is 1. The highest BCUT2D eigenvalue weighted by molar-refractivity contribution is 7.89. The Kier molecular flexibility index (Phi) is 5.53. The van der Waals surface area contributed by atoms with Crippen molar-refractivity contribution in [3.8, 4) is 0 Å². The summed E-state index contributed by atoms with van der Waals surface area (Å²) in [5, 5.41) is 0. The molecule has 0 unspecified atom stereocenters. The Balaban J connectivity index is 1.83. The van der Waals surface area contributed by atoms with Gasteiger partial charge in [0.1, 0.15) is 0 Å². The van der Waals surface area contributed by atoms with Crippen LogP contribution in [0.3, 0.4) is 0 Å². The number of unbranched alkanes of at least 4 members (excludes halogenated alkanes) is 1. The molecule has 0 amide bonds. The van der Waals surface area contributed by atoms with Crippen molar-refractivity contribution in [2.75, 3.05) is 13.6 Å². The third kappa shape index (κ3) is 4.41. The smallest absolute Gasteiger partial charge is 0.207 e. The highest BCUT2D eigenvalue weighted by atomic mass is 32.2. The molecular weight excluding hydrogens is 282 g/mol. The van der Waals surface area contributed by atoms with E-state index >= 15 is 0 Å². The van der Waals surface area contributed by atoms with Crippen LogP contribution in [-0.4, -0.2) is 26.3 Å². The minimum absolute atomic E-state index is 0.357. The molecule has 0 saturated carbocycles. The molecular formula is C17H21NO2S. The molecule has 0 N–H and O–H groups in total. The van der Waals surface area contributed by atoms with Crippen LogP contribution in [0.2, 0.25) is 0 Å². The van der Waals surface area contributed by atoms with Crippen molar-refractivity contribution in [2.45, 2.75) is 24.2 Å². The molecule has 0 aromatic heterocycles. The van der Waals surface area contributed by atoms with Crippen LogP contribution in [0.1, 0.15) is 18.4 Å². The van der Waals surface area contributed by atoms with Crippen LogP contribution in [0.5, 0.6) is 0 Å². The Morgan fingerprint density at radius 3 is 2.05 bits per heavy atom. The van der Waals surface area contributed by atoms with Crippen LogP contribution in [-0.2, 0) is 16.4 Å². The lowest BCUT2D eigenvalue weighted by Crippen LogP contribution is -2.28. The van der Waals surface area contributed by atoms with Crippen molar-refractivity contribution in [3.05, 3.63) is 66.2 Å². The molecule has 0 fully saturated rings.